The summed E-state index contributed by atoms with van der Waals surface area (Å²) >= 11 is 1.89. The first kappa shape index (κ1) is 31.5. The van der Waals surface area contributed by atoms with Crippen LogP contribution in [0.5, 0.6) is 0 Å². The predicted molar refractivity (Wildman–Crippen MR) is 228 cm³/mol. The molecule has 0 saturated carbocycles. The quantitative estimate of drug-likeness (QED) is 0.167. The Hall–Kier alpha value is -6.22. The Morgan fingerprint density at radius 1 is 0.415 bits per heavy atom. The minimum Gasteiger partial charge on any atom is -0.310 e. The second-order valence-corrected chi connectivity index (χ2v) is 15.6. The molecule has 53 heavy (non-hydrogen) atoms. The van der Waals surface area contributed by atoms with Crippen molar-refractivity contribution in [3.05, 3.63) is 199 Å². The molecule has 2 heteroatoms. The minimum absolute atomic E-state index is 0.116. The van der Waals surface area contributed by atoms with Gasteiger partial charge in [-0.3, -0.25) is 0 Å². The predicted octanol–water partition coefficient (Wildman–Crippen LogP) is 14.8. The van der Waals surface area contributed by atoms with Crippen LogP contribution in [0.25, 0.3) is 64.7 Å². The summed E-state index contributed by atoms with van der Waals surface area (Å²) in [6.45, 7) is 4.73. The second-order valence-electron chi connectivity index (χ2n) is 14.5. The third kappa shape index (κ3) is 5.13. The molecule has 1 heterocycles. The fourth-order valence-electron chi connectivity index (χ4n) is 8.53. The van der Waals surface area contributed by atoms with Crippen LogP contribution in [-0.2, 0) is 5.41 Å². The van der Waals surface area contributed by atoms with Gasteiger partial charge in [0.25, 0.3) is 0 Å². The molecular weight excluding hydrogens is 659 g/mol. The van der Waals surface area contributed by atoms with E-state index in [1.165, 1.54) is 75.8 Å². The second kappa shape index (κ2) is 12.5. The molecule has 1 aromatic heterocycles. The number of thiophene rings is 1. The third-order valence-electron chi connectivity index (χ3n) is 11.1. The highest BCUT2D eigenvalue weighted by Gasteiger charge is 2.36. The fraction of sp³-hybridized carbons (Fsp3) is 0.0588. The van der Waals surface area contributed by atoms with Crippen molar-refractivity contribution in [3.63, 3.8) is 0 Å². The Kier molecular flexibility index (Phi) is 7.42. The van der Waals surface area contributed by atoms with E-state index >= 15 is 0 Å². The van der Waals surface area contributed by atoms with E-state index in [1.807, 2.05) is 11.3 Å². The highest BCUT2D eigenvalue weighted by molar-refractivity contribution is 7.26. The summed E-state index contributed by atoms with van der Waals surface area (Å²) < 4.78 is 2.61. The maximum atomic E-state index is 2.48. The molecule has 9 aromatic rings. The van der Waals surface area contributed by atoms with Crippen LogP contribution in [0, 0.1) is 0 Å². The van der Waals surface area contributed by atoms with Crippen LogP contribution in [0.2, 0.25) is 0 Å². The maximum Gasteiger partial charge on any atom is 0.0546 e. The van der Waals surface area contributed by atoms with E-state index in [0.29, 0.717) is 0 Å². The lowest BCUT2D eigenvalue weighted by atomic mass is 9.82. The molecule has 0 aliphatic heterocycles. The third-order valence-corrected chi connectivity index (χ3v) is 12.3. The summed E-state index contributed by atoms with van der Waals surface area (Å²) in [6, 6.07) is 69.1. The Morgan fingerprint density at radius 2 is 1.04 bits per heavy atom. The number of rotatable bonds is 6. The van der Waals surface area contributed by atoms with Gasteiger partial charge in [-0.25, -0.2) is 0 Å². The average Bonchev–Trinajstić information content (AvgIpc) is 3.71. The standard InChI is InChI=1S/C51H37NS/c1-51(2)45-27-11-9-22-40(45)41-31-30-38(33-46(41)51)52(37-20-7-4-8-21-37)47-28-15-24-39(36-19-13-18-35(32-36)34-16-5-3-6-17-34)49(47)44-26-14-25-43-42-23-10-12-29-48(42)53-50(43)44/h3-33H,1-2H3. The molecule has 0 atom stereocenters. The minimum atomic E-state index is -0.116. The summed E-state index contributed by atoms with van der Waals surface area (Å²) in [5.74, 6) is 0. The van der Waals surface area contributed by atoms with E-state index in [9.17, 15) is 0 Å². The lowest BCUT2D eigenvalue weighted by Gasteiger charge is -2.31. The van der Waals surface area contributed by atoms with Gasteiger partial charge in [0.2, 0.25) is 0 Å². The summed E-state index contributed by atoms with van der Waals surface area (Å²) in [5.41, 5.74) is 16.0. The summed E-state index contributed by atoms with van der Waals surface area (Å²) in [4.78, 5) is 2.48. The molecule has 1 nitrogen and oxygen atoms in total. The summed E-state index contributed by atoms with van der Waals surface area (Å²) in [5, 5.41) is 2.60. The largest absolute Gasteiger partial charge is 0.310 e. The molecule has 1 aliphatic carbocycles. The first-order valence-electron chi connectivity index (χ1n) is 18.4. The molecule has 10 rings (SSSR count). The molecule has 0 N–H and O–H groups in total. The first-order valence-corrected chi connectivity index (χ1v) is 19.2. The topological polar surface area (TPSA) is 3.24 Å². The average molecular weight is 696 g/mol. The van der Waals surface area contributed by atoms with E-state index in [1.54, 1.807) is 0 Å². The van der Waals surface area contributed by atoms with Gasteiger partial charge in [-0.05, 0) is 87.0 Å². The van der Waals surface area contributed by atoms with Crippen LogP contribution in [0.15, 0.2) is 188 Å². The number of nitrogens with zero attached hydrogens (tertiary/aromatic N) is 1. The molecule has 8 aromatic carbocycles. The number of fused-ring (bicyclic) bond motifs is 6. The molecule has 0 radical (unpaired) electrons. The Balaban J connectivity index is 1.27. The van der Waals surface area contributed by atoms with Crippen molar-refractivity contribution in [3.8, 4) is 44.5 Å². The van der Waals surface area contributed by atoms with Crippen LogP contribution in [0.1, 0.15) is 25.0 Å². The maximum absolute atomic E-state index is 2.48. The van der Waals surface area contributed by atoms with E-state index in [2.05, 4.69) is 207 Å². The molecule has 252 valence electrons. The van der Waals surface area contributed by atoms with Gasteiger partial charge in [-0.15, -0.1) is 11.3 Å². The zero-order valence-electron chi connectivity index (χ0n) is 29.8. The normalized spacial score (nSPS) is 12.9. The van der Waals surface area contributed by atoms with Gasteiger partial charge < -0.3 is 4.90 Å². The van der Waals surface area contributed by atoms with Crippen molar-refractivity contribution in [2.75, 3.05) is 4.90 Å². The monoisotopic (exact) mass is 695 g/mol. The van der Waals surface area contributed by atoms with E-state index in [0.717, 1.165) is 17.1 Å². The van der Waals surface area contributed by atoms with Crippen molar-refractivity contribution in [2.45, 2.75) is 19.3 Å². The highest BCUT2D eigenvalue weighted by Crippen LogP contribution is 2.53. The highest BCUT2D eigenvalue weighted by atomic mass is 32.1. The molecule has 0 saturated heterocycles. The molecule has 1 aliphatic rings. The summed E-state index contributed by atoms with van der Waals surface area (Å²) in [6.07, 6.45) is 0. The molecule has 0 unspecified atom stereocenters. The zero-order valence-corrected chi connectivity index (χ0v) is 30.6. The van der Waals surface area contributed by atoms with E-state index in [4.69, 9.17) is 0 Å². The van der Waals surface area contributed by atoms with E-state index < -0.39 is 0 Å². The van der Waals surface area contributed by atoms with Gasteiger partial charge in [-0.2, -0.15) is 0 Å². The molecule has 0 amide bonds. The lowest BCUT2D eigenvalue weighted by molar-refractivity contribution is 0.660. The number of hydrogen-bond donors (Lipinski definition) is 0. The van der Waals surface area contributed by atoms with Crippen LogP contribution >= 0.6 is 11.3 Å². The van der Waals surface area contributed by atoms with E-state index in [-0.39, 0.29) is 5.41 Å². The molecule has 0 spiro atoms. The number of anilines is 3. The first-order chi connectivity index (χ1) is 26.1. The number of para-hydroxylation sites is 1. The van der Waals surface area contributed by atoms with Gasteiger partial charge in [-0.1, -0.05) is 159 Å². The zero-order chi connectivity index (χ0) is 35.5. The fourth-order valence-corrected chi connectivity index (χ4v) is 9.75. The van der Waals surface area contributed by atoms with Crippen LogP contribution < -0.4 is 4.90 Å². The smallest absolute Gasteiger partial charge is 0.0546 e. The lowest BCUT2D eigenvalue weighted by Crippen LogP contribution is -2.17. The molecule has 0 bridgehead atoms. The Labute approximate surface area is 315 Å². The van der Waals surface area contributed by atoms with Crippen LogP contribution in [0.3, 0.4) is 0 Å². The van der Waals surface area contributed by atoms with Crippen molar-refractivity contribution in [1.29, 1.82) is 0 Å². The van der Waals surface area contributed by atoms with Crippen molar-refractivity contribution < 1.29 is 0 Å². The molecule has 0 fully saturated rings. The number of hydrogen-bond acceptors (Lipinski definition) is 2. The van der Waals surface area contributed by atoms with Crippen molar-refractivity contribution >= 4 is 48.6 Å². The molecular formula is C51H37NS. The van der Waals surface area contributed by atoms with Gasteiger partial charge in [0, 0.05) is 48.1 Å². The van der Waals surface area contributed by atoms with Crippen LogP contribution in [0.4, 0.5) is 17.1 Å². The van der Waals surface area contributed by atoms with Crippen molar-refractivity contribution in [2.24, 2.45) is 0 Å². The van der Waals surface area contributed by atoms with Gasteiger partial charge in [0.1, 0.15) is 0 Å². The van der Waals surface area contributed by atoms with Crippen LogP contribution in [-0.4, -0.2) is 0 Å². The van der Waals surface area contributed by atoms with Gasteiger partial charge >= 0.3 is 0 Å². The van der Waals surface area contributed by atoms with Crippen molar-refractivity contribution in [1.82, 2.24) is 0 Å². The van der Waals surface area contributed by atoms with Gasteiger partial charge in [0.05, 0.1) is 5.69 Å². The van der Waals surface area contributed by atoms with Gasteiger partial charge in [0.15, 0.2) is 0 Å². The summed E-state index contributed by atoms with van der Waals surface area (Å²) in [7, 11) is 0. The Bertz CT molecular complexity index is 2810. The SMILES string of the molecule is CC1(C)c2ccccc2-c2ccc(N(c3ccccc3)c3cccc(-c4cccc(-c5ccccc5)c4)c3-c3cccc4c3sc3ccccc34)cc21. The number of benzene rings is 8. The Morgan fingerprint density at radius 3 is 1.91 bits per heavy atom.